The molecule has 4 heteroatoms. The summed E-state index contributed by atoms with van der Waals surface area (Å²) in [6.07, 6.45) is 7.50. The molecule has 1 fully saturated rings. The number of nitrogens with zero attached hydrogens (tertiary/aromatic N) is 1. The van der Waals surface area contributed by atoms with Crippen LogP contribution in [-0.2, 0) is 0 Å². The monoisotopic (exact) mass is 355 g/mol. The summed E-state index contributed by atoms with van der Waals surface area (Å²) in [5, 5.41) is 0. The molecule has 1 heterocycles. The molecule has 4 nitrogen and oxygen atoms in total. The lowest BCUT2D eigenvalue weighted by atomic mass is 9.86. The summed E-state index contributed by atoms with van der Waals surface area (Å²) < 4.78 is 1.50. The lowest BCUT2D eigenvalue weighted by Crippen LogP contribution is -2.31. The van der Waals surface area contributed by atoms with Gasteiger partial charge in [0.1, 0.15) is 6.61 Å². The molecular formula is C21H41NO3. The van der Waals surface area contributed by atoms with Gasteiger partial charge in [-0.3, -0.25) is 4.79 Å². The molecule has 25 heavy (non-hydrogen) atoms. The zero-order valence-corrected chi connectivity index (χ0v) is 17.5. The predicted octanol–water partition coefficient (Wildman–Crippen LogP) is 4.91. The Morgan fingerprint density at radius 2 is 1.64 bits per heavy atom. The van der Waals surface area contributed by atoms with Gasteiger partial charge in [-0.1, -0.05) is 60.3 Å². The number of aryl methyl sites for hydroxylation is 1. The van der Waals surface area contributed by atoms with Gasteiger partial charge in [0.25, 0.3) is 5.56 Å². The van der Waals surface area contributed by atoms with Crippen LogP contribution >= 0.6 is 0 Å². The maximum absolute atomic E-state index is 11.9. The van der Waals surface area contributed by atoms with Crippen LogP contribution in [0.25, 0.3) is 0 Å². The van der Waals surface area contributed by atoms with E-state index in [9.17, 15) is 4.79 Å². The molecule has 0 atom stereocenters. The number of aromatic nitrogens is 1. The lowest BCUT2D eigenvalue weighted by molar-refractivity contribution is 0.101. The zero-order valence-electron chi connectivity index (χ0n) is 17.5. The molecule has 2 N–H and O–H groups in total. The highest BCUT2D eigenvalue weighted by molar-refractivity contribution is 5.19. The molecule has 1 aliphatic carbocycles. The highest BCUT2D eigenvalue weighted by atomic mass is 16.7. The van der Waals surface area contributed by atoms with E-state index in [1.807, 2.05) is 27.7 Å². The van der Waals surface area contributed by atoms with Crippen molar-refractivity contribution in [3.8, 4) is 0 Å². The van der Waals surface area contributed by atoms with E-state index in [4.69, 9.17) is 4.84 Å². The normalized spacial score (nSPS) is 13.8. The van der Waals surface area contributed by atoms with Gasteiger partial charge in [-0.05, 0) is 44.2 Å². The first-order valence-electron chi connectivity index (χ1n) is 9.86. The molecule has 0 bridgehead atoms. The van der Waals surface area contributed by atoms with Crippen molar-refractivity contribution in [1.29, 1.82) is 0 Å². The Balaban J connectivity index is 0. The van der Waals surface area contributed by atoms with Crippen LogP contribution in [0.5, 0.6) is 0 Å². The molecule has 0 aliphatic heterocycles. The van der Waals surface area contributed by atoms with Crippen molar-refractivity contribution in [2.45, 2.75) is 92.9 Å². The second-order valence-electron chi connectivity index (χ2n) is 6.64. The molecule has 0 spiro atoms. The van der Waals surface area contributed by atoms with Crippen LogP contribution in [0, 0.1) is 12.8 Å². The van der Waals surface area contributed by atoms with Crippen LogP contribution in [0.4, 0.5) is 0 Å². The van der Waals surface area contributed by atoms with E-state index in [0.717, 1.165) is 17.2 Å². The third-order valence-electron chi connectivity index (χ3n) is 4.26. The van der Waals surface area contributed by atoms with E-state index in [-0.39, 0.29) is 11.0 Å². The summed E-state index contributed by atoms with van der Waals surface area (Å²) in [7, 11) is 0. The molecule has 1 aromatic heterocycles. The SMILES string of the molecule is CC.CCC(C)C.CCOn1c(C2CCCCC2)cc(C)cc1=O.O. The first kappa shape index (κ1) is 25.9. The van der Waals surface area contributed by atoms with Crippen LogP contribution in [0.3, 0.4) is 0 Å². The van der Waals surface area contributed by atoms with Crippen molar-refractivity contribution in [2.24, 2.45) is 5.92 Å². The smallest absolute Gasteiger partial charge is 0.283 e. The van der Waals surface area contributed by atoms with E-state index in [2.05, 4.69) is 26.8 Å². The Morgan fingerprint density at radius 1 is 1.12 bits per heavy atom. The Morgan fingerprint density at radius 3 is 2.08 bits per heavy atom. The van der Waals surface area contributed by atoms with E-state index in [1.54, 1.807) is 6.07 Å². The molecular weight excluding hydrogens is 314 g/mol. The molecule has 148 valence electrons. The fourth-order valence-electron chi connectivity index (χ4n) is 2.66. The lowest BCUT2D eigenvalue weighted by Gasteiger charge is -2.24. The van der Waals surface area contributed by atoms with Crippen molar-refractivity contribution in [3.05, 3.63) is 33.7 Å². The second-order valence-corrected chi connectivity index (χ2v) is 6.64. The number of hydrogen-bond acceptors (Lipinski definition) is 2. The number of pyridine rings is 1. The summed E-state index contributed by atoms with van der Waals surface area (Å²) in [5.41, 5.74) is 2.07. The summed E-state index contributed by atoms with van der Waals surface area (Å²) in [5.74, 6) is 1.37. The van der Waals surface area contributed by atoms with Crippen LogP contribution in [0.1, 0.15) is 97.2 Å². The minimum atomic E-state index is -0.0348. The predicted molar refractivity (Wildman–Crippen MR) is 108 cm³/mol. The molecule has 0 saturated heterocycles. The van der Waals surface area contributed by atoms with Gasteiger partial charge < -0.3 is 10.3 Å². The van der Waals surface area contributed by atoms with Gasteiger partial charge in [0.05, 0.1) is 5.69 Å². The molecule has 0 aromatic carbocycles. The molecule has 1 aliphatic rings. The van der Waals surface area contributed by atoms with Gasteiger partial charge >= 0.3 is 0 Å². The van der Waals surface area contributed by atoms with Crippen molar-refractivity contribution >= 4 is 0 Å². The highest BCUT2D eigenvalue weighted by Gasteiger charge is 2.20. The molecule has 1 aromatic rings. The molecule has 0 amide bonds. The number of hydrogen-bond donors (Lipinski definition) is 0. The third-order valence-corrected chi connectivity index (χ3v) is 4.26. The second kappa shape index (κ2) is 15.0. The van der Waals surface area contributed by atoms with Crippen molar-refractivity contribution in [3.63, 3.8) is 0 Å². The van der Waals surface area contributed by atoms with E-state index < -0.39 is 0 Å². The van der Waals surface area contributed by atoms with Gasteiger partial charge in [-0.15, -0.1) is 4.73 Å². The number of rotatable bonds is 4. The zero-order chi connectivity index (χ0) is 18.5. The maximum atomic E-state index is 11.9. The van der Waals surface area contributed by atoms with Crippen molar-refractivity contribution in [2.75, 3.05) is 6.61 Å². The van der Waals surface area contributed by atoms with Crippen LogP contribution in [0.2, 0.25) is 0 Å². The summed E-state index contributed by atoms with van der Waals surface area (Å²) in [6.45, 7) is 15.1. The average Bonchev–Trinajstić information content (AvgIpc) is 2.60. The Bertz CT molecular complexity index is 488. The largest absolute Gasteiger partial charge is 0.412 e. The first-order valence-corrected chi connectivity index (χ1v) is 9.86. The minimum Gasteiger partial charge on any atom is -0.412 e. The topological polar surface area (TPSA) is 62.7 Å². The summed E-state index contributed by atoms with van der Waals surface area (Å²) in [6, 6.07) is 3.75. The van der Waals surface area contributed by atoms with Crippen LogP contribution in [-0.4, -0.2) is 16.8 Å². The van der Waals surface area contributed by atoms with E-state index in [0.29, 0.717) is 12.5 Å². The van der Waals surface area contributed by atoms with Gasteiger partial charge in [-0.25, -0.2) is 0 Å². The average molecular weight is 356 g/mol. The third kappa shape index (κ3) is 9.69. The van der Waals surface area contributed by atoms with Crippen LogP contribution < -0.4 is 10.4 Å². The highest BCUT2D eigenvalue weighted by Crippen LogP contribution is 2.32. The summed E-state index contributed by atoms with van der Waals surface area (Å²) >= 11 is 0. The molecule has 0 unspecified atom stereocenters. The fraction of sp³-hybridized carbons (Fsp3) is 0.762. The van der Waals surface area contributed by atoms with Crippen molar-refractivity contribution < 1.29 is 10.3 Å². The van der Waals surface area contributed by atoms with Gasteiger partial charge in [0.2, 0.25) is 0 Å². The van der Waals surface area contributed by atoms with E-state index in [1.165, 1.54) is 43.3 Å². The molecule has 1 saturated carbocycles. The standard InChI is InChI=1S/C14H21NO2.C5H12.C2H6.H2O/c1-3-17-15-13(9-11(2)10-14(15)16)12-7-5-4-6-8-12;1-4-5(2)3;1-2;/h9-10,12H,3-8H2,1-2H3;5H,4H2,1-3H3;1-2H3;1H2. The maximum Gasteiger partial charge on any atom is 0.283 e. The van der Waals surface area contributed by atoms with Crippen LogP contribution in [0.15, 0.2) is 16.9 Å². The molecule has 2 rings (SSSR count). The molecule has 0 radical (unpaired) electrons. The van der Waals surface area contributed by atoms with Gasteiger partial charge in [0, 0.05) is 12.0 Å². The van der Waals surface area contributed by atoms with Gasteiger partial charge in [0.15, 0.2) is 0 Å². The first-order chi connectivity index (χ1) is 11.5. The quantitative estimate of drug-likeness (QED) is 0.770. The Kier molecular flexibility index (Phi) is 15.6. The fourth-order valence-corrected chi connectivity index (χ4v) is 2.66. The van der Waals surface area contributed by atoms with Gasteiger partial charge in [-0.2, -0.15) is 0 Å². The van der Waals surface area contributed by atoms with Crippen molar-refractivity contribution in [1.82, 2.24) is 4.73 Å². The minimum absolute atomic E-state index is 0. The Labute approximate surface area is 154 Å². The summed E-state index contributed by atoms with van der Waals surface area (Å²) in [4.78, 5) is 17.4. The Hall–Kier alpha value is -1.29. The van der Waals surface area contributed by atoms with E-state index >= 15 is 0 Å².